The van der Waals surface area contributed by atoms with Gasteiger partial charge >= 0.3 is 0 Å². The Bertz CT molecular complexity index is 1040. The van der Waals surface area contributed by atoms with E-state index in [4.69, 9.17) is 16.3 Å². The summed E-state index contributed by atoms with van der Waals surface area (Å²) in [5.41, 5.74) is 2.05. The number of hydrogen-bond acceptors (Lipinski definition) is 7. The minimum absolute atomic E-state index is 0.0880. The first-order chi connectivity index (χ1) is 11.3. The van der Waals surface area contributed by atoms with Gasteiger partial charge in [-0.25, -0.2) is 23.4 Å². The lowest BCUT2D eigenvalue weighted by Crippen LogP contribution is -2.11. The lowest BCUT2D eigenvalue weighted by atomic mass is 10.2. The van der Waals surface area contributed by atoms with E-state index in [1.165, 1.54) is 24.6 Å². The van der Waals surface area contributed by atoms with Gasteiger partial charge in [-0.15, -0.1) is 11.3 Å². The molecule has 0 atom stereocenters. The molecule has 3 aromatic heterocycles. The Hall–Kier alpha value is -1.49. The van der Waals surface area contributed by atoms with Crippen molar-refractivity contribution in [2.45, 2.75) is 0 Å². The van der Waals surface area contributed by atoms with Crippen molar-refractivity contribution in [3.05, 3.63) is 27.4 Å². The number of hydrogen-bond donors (Lipinski definition) is 1. The summed E-state index contributed by atoms with van der Waals surface area (Å²) in [5.74, 6) is 0.160. The predicted molar refractivity (Wildman–Crippen MR) is 98.4 cm³/mol. The van der Waals surface area contributed by atoms with E-state index < -0.39 is 10.0 Å². The van der Waals surface area contributed by atoms with Crippen LogP contribution in [0, 0.1) is 0 Å². The third kappa shape index (κ3) is 3.46. The van der Waals surface area contributed by atoms with Gasteiger partial charge in [-0.1, -0.05) is 0 Å². The van der Waals surface area contributed by atoms with Crippen LogP contribution in [0.15, 0.2) is 22.1 Å². The minimum Gasteiger partial charge on any atom is -0.480 e. The first-order valence-corrected chi connectivity index (χ1v) is 10.3. The van der Waals surface area contributed by atoms with E-state index in [1.807, 2.05) is 5.38 Å². The van der Waals surface area contributed by atoms with E-state index in [9.17, 15) is 8.42 Å². The Morgan fingerprint density at radius 1 is 1.38 bits per heavy atom. The average Bonchev–Trinajstić information content (AvgIpc) is 2.86. The van der Waals surface area contributed by atoms with E-state index >= 15 is 0 Å². The highest BCUT2D eigenvalue weighted by atomic mass is 79.9. The van der Waals surface area contributed by atoms with E-state index in [1.54, 1.807) is 6.07 Å². The summed E-state index contributed by atoms with van der Waals surface area (Å²) in [6, 6.07) is 1.60. The molecule has 0 unspecified atom stereocenters. The van der Waals surface area contributed by atoms with Crippen molar-refractivity contribution in [3.8, 4) is 17.1 Å². The van der Waals surface area contributed by atoms with Crippen LogP contribution in [0.3, 0.4) is 0 Å². The van der Waals surface area contributed by atoms with Crippen LogP contribution in [0.25, 0.3) is 21.5 Å². The topological polar surface area (TPSA) is 94.1 Å². The molecule has 0 bridgehead atoms. The van der Waals surface area contributed by atoms with Gasteiger partial charge in [0.2, 0.25) is 21.2 Å². The van der Waals surface area contributed by atoms with Crippen molar-refractivity contribution in [2.75, 3.05) is 18.1 Å². The third-order valence-corrected chi connectivity index (χ3v) is 5.60. The third-order valence-electron chi connectivity index (χ3n) is 2.96. The Kier molecular flexibility index (Phi) is 4.65. The molecule has 0 spiro atoms. The highest BCUT2D eigenvalue weighted by Gasteiger charge is 2.17. The summed E-state index contributed by atoms with van der Waals surface area (Å²) in [5, 5.41) is 1.97. The second-order valence-electron chi connectivity index (χ2n) is 4.76. The quantitative estimate of drug-likeness (QED) is 0.612. The first-order valence-electron chi connectivity index (χ1n) is 6.41. The summed E-state index contributed by atoms with van der Waals surface area (Å²) < 4.78 is 32.2. The van der Waals surface area contributed by atoms with Crippen LogP contribution in [-0.4, -0.2) is 36.7 Å². The highest BCUT2D eigenvalue weighted by Crippen LogP contribution is 2.37. The fourth-order valence-corrected chi connectivity index (χ4v) is 4.36. The molecular weight excluding hydrogens is 440 g/mol. The van der Waals surface area contributed by atoms with Crippen molar-refractivity contribution >= 4 is 64.8 Å². The van der Waals surface area contributed by atoms with E-state index in [0.29, 0.717) is 16.8 Å². The Morgan fingerprint density at radius 2 is 2.12 bits per heavy atom. The molecular formula is C13H10BrClN4O3S2. The number of anilines is 1. The molecule has 24 heavy (non-hydrogen) atoms. The molecule has 11 heteroatoms. The standard InChI is InChI=1S/C13H10BrClN4O3S2/c1-22-12-8(19-24(2,20)21)3-6(4-16-12)9-11-10(7(14)5-23-11)18-13(15)17-9/h3-5,19H,1-2H3. The van der Waals surface area contributed by atoms with Crippen LogP contribution < -0.4 is 9.46 Å². The number of nitrogens with one attached hydrogen (secondary N) is 1. The molecule has 126 valence electrons. The number of rotatable bonds is 4. The summed E-state index contributed by atoms with van der Waals surface area (Å²) >= 11 is 10.9. The number of ether oxygens (including phenoxy) is 1. The lowest BCUT2D eigenvalue weighted by molar-refractivity contribution is 0.400. The highest BCUT2D eigenvalue weighted by molar-refractivity contribution is 9.10. The van der Waals surface area contributed by atoms with E-state index in [2.05, 4.69) is 35.6 Å². The summed E-state index contributed by atoms with van der Waals surface area (Å²) in [7, 11) is -2.08. The van der Waals surface area contributed by atoms with Gasteiger partial charge in [-0.2, -0.15) is 0 Å². The zero-order chi connectivity index (χ0) is 17.5. The number of sulfonamides is 1. The maximum Gasteiger partial charge on any atom is 0.238 e. The smallest absolute Gasteiger partial charge is 0.238 e. The van der Waals surface area contributed by atoms with Crippen molar-refractivity contribution in [1.29, 1.82) is 0 Å². The Balaban J connectivity index is 2.22. The van der Waals surface area contributed by atoms with Crippen LogP contribution in [0.2, 0.25) is 5.28 Å². The van der Waals surface area contributed by atoms with E-state index in [0.717, 1.165) is 15.4 Å². The van der Waals surface area contributed by atoms with Crippen molar-refractivity contribution in [3.63, 3.8) is 0 Å². The molecule has 0 aliphatic rings. The fourth-order valence-electron chi connectivity index (χ4n) is 2.08. The van der Waals surface area contributed by atoms with Gasteiger partial charge in [0.1, 0.15) is 11.2 Å². The molecule has 3 aromatic rings. The monoisotopic (exact) mass is 448 g/mol. The van der Waals surface area contributed by atoms with Gasteiger partial charge in [0.05, 0.1) is 28.2 Å². The summed E-state index contributed by atoms with van der Waals surface area (Å²) in [6.45, 7) is 0. The molecule has 0 aliphatic heterocycles. The van der Waals surface area contributed by atoms with Crippen LogP contribution in [0.5, 0.6) is 5.88 Å². The van der Waals surface area contributed by atoms with Gasteiger partial charge in [-0.3, -0.25) is 4.72 Å². The van der Waals surface area contributed by atoms with Crippen molar-refractivity contribution in [2.24, 2.45) is 0 Å². The number of nitrogens with zero attached hydrogens (tertiary/aromatic N) is 3. The molecule has 0 fully saturated rings. The number of halogens is 2. The summed E-state index contributed by atoms with van der Waals surface area (Å²) in [6.07, 6.45) is 2.59. The van der Waals surface area contributed by atoms with E-state index in [-0.39, 0.29) is 16.9 Å². The largest absolute Gasteiger partial charge is 0.480 e. The molecule has 0 aromatic carbocycles. The Labute approximate surface area is 155 Å². The normalized spacial score (nSPS) is 11.7. The fraction of sp³-hybridized carbons (Fsp3) is 0.154. The lowest BCUT2D eigenvalue weighted by Gasteiger charge is -2.11. The zero-order valence-corrected chi connectivity index (χ0v) is 16.3. The van der Waals surface area contributed by atoms with Gasteiger partial charge in [0.15, 0.2) is 0 Å². The molecule has 7 nitrogen and oxygen atoms in total. The van der Waals surface area contributed by atoms with Crippen molar-refractivity contribution in [1.82, 2.24) is 15.0 Å². The van der Waals surface area contributed by atoms with Gasteiger partial charge < -0.3 is 4.74 Å². The van der Waals surface area contributed by atoms with Crippen molar-refractivity contribution < 1.29 is 13.2 Å². The second-order valence-corrected chi connectivity index (χ2v) is 8.58. The first kappa shape index (κ1) is 17.3. The van der Waals surface area contributed by atoms with Crippen LogP contribution in [0.4, 0.5) is 5.69 Å². The molecule has 0 amide bonds. The number of methoxy groups -OCH3 is 1. The van der Waals surface area contributed by atoms with Crippen LogP contribution in [0.1, 0.15) is 0 Å². The van der Waals surface area contributed by atoms with Crippen LogP contribution in [-0.2, 0) is 10.0 Å². The maximum absolute atomic E-state index is 11.5. The molecule has 0 radical (unpaired) electrons. The number of thiophene rings is 1. The summed E-state index contributed by atoms with van der Waals surface area (Å²) in [4.78, 5) is 12.6. The second kappa shape index (κ2) is 6.43. The number of pyridine rings is 1. The number of fused-ring (bicyclic) bond motifs is 1. The SMILES string of the molecule is COc1ncc(-c2nc(Cl)nc3c(Br)csc23)cc1NS(C)(=O)=O. The average molecular weight is 450 g/mol. The zero-order valence-electron chi connectivity index (χ0n) is 12.4. The Morgan fingerprint density at radius 3 is 2.79 bits per heavy atom. The molecule has 3 heterocycles. The van der Waals surface area contributed by atoms with Gasteiger partial charge in [-0.05, 0) is 33.6 Å². The van der Waals surface area contributed by atoms with Gasteiger partial charge in [0, 0.05) is 17.1 Å². The molecule has 3 rings (SSSR count). The molecule has 0 saturated heterocycles. The minimum atomic E-state index is -3.49. The predicted octanol–water partition coefficient (Wildman–Crippen LogP) is 3.55. The van der Waals surface area contributed by atoms with Gasteiger partial charge in [0.25, 0.3) is 0 Å². The van der Waals surface area contributed by atoms with Crippen LogP contribution >= 0.6 is 38.9 Å². The molecule has 0 aliphatic carbocycles. The molecule has 1 N–H and O–H groups in total. The number of aromatic nitrogens is 3. The maximum atomic E-state index is 11.5. The molecule has 0 saturated carbocycles.